The van der Waals surface area contributed by atoms with E-state index in [4.69, 9.17) is 5.11 Å². The molecule has 0 amide bonds. The minimum absolute atomic E-state index is 0.0410. The van der Waals surface area contributed by atoms with Gasteiger partial charge in [0.25, 0.3) is 0 Å². The first-order chi connectivity index (χ1) is 7.42. The average molecular weight is 325 g/mol. The second-order valence-corrected chi connectivity index (χ2v) is 7.70. The van der Waals surface area contributed by atoms with Crippen molar-refractivity contribution in [2.45, 2.75) is 11.5 Å². The van der Waals surface area contributed by atoms with Gasteiger partial charge in [-0.15, -0.1) is 11.8 Å². The molecular formula is C10H13BrO3S2. The Morgan fingerprint density at radius 3 is 2.69 bits per heavy atom. The predicted molar refractivity (Wildman–Crippen MR) is 70.5 cm³/mol. The first-order valence-electron chi connectivity index (χ1n) is 4.62. The standard InChI is InChI=1S/C10H13BrO3S2/c1-16(13,14)5-4-15-10-3-2-9(11)6-8(10)7-12/h2-3,6,12H,4-5,7H2,1H3. The summed E-state index contributed by atoms with van der Waals surface area (Å²) in [6, 6.07) is 5.59. The molecule has 1 aromatic rings. The Morgan fingerprint density at radius 2 is 2.12 bits per heavy atom. The van der Waals surface area contributed by atoms with Crippen LogP contribution in [0, 0.1) is 0 Å². The van der Waals surface area contributed by atoms with Crippen molar-refractivity contribution in [1.82, 2.24) is 0 Å². The van der Waals surface area contributed by atoms with Crippen molar-refractivity contribution in [3.63, 3.8) is 0 Å². The molecule has 0 saturated heterocycles. The van der Waals surface area contributed by atoms with Gasteiger partial charge in [-0.2, -0.15) is 0 Å². The van der Waals surface area contributed by atoms with E-state index in [0.717, 1.165) is 14.9 Å². The van der Waals surface area contributed by atoms with Crippen LogP contribution in [0.1, 0.15) is 5.56 Å². The van der Waals surface area contributed by atoms with Gasteiger partial charge >= 0.3 is 0 Å². The Bertz CT molecular complexity index is 457. The van der Waals surface area contributed by atoms with E-state index in [-0.39, 0.29) is 12.4 Å². The van der Waals surface area contributed by atoms with Gasteiger partial charge in [-0.1, -0.05) is 15.9 Å². The van der Waals surface area contributed by atoms with Crippen molar-refractivity contribution in [2.24, 2.45) is 0 Å². The number of halogens is 1. The van der Waals surface area contributed by atoms with Gasteiger partial charge in [0.2, 0.25) is 0 Å². The fourth-order valence-electron chi connectivity index (χ4n) is 1.12. The van der Waals surface area contributed by atoms with Gasteiger partial charge in [-0.3, -0.25) is 0 Å². The van der Waals surface area contributed by atoms with Crippen molar-refractivity contribution in [3.8, 4) is 0 Å². The second-order valence-electron chi connectivity index (χ2n) is 3.39. The molecule has 3 nitrogen and oxygen atoms in total. The van der Waals surface area contributed by atoms with E-state index in [2.05, 4.69) is 15.9 Å². The summed E-state index contributed by atoms with van der Waals surface area (Å²) in [5.41, 5.74) is 0.813. The molecule has 0 aromatic heterocycles. The smallest absolute Gasteiger partial charge is 0.148 e. The summed E-state index contributed by atoms with van der Waals surface area (Å²) in [6.45, 7) is -0.0410. The van der Waals surface area contributed by atoms with Crippen LogP contribution in [0.15, 0.2) is 27.6 Å². The lowest BCUT2D eigenvalue weighted by Crippen LogP contribution is -2.05. The summed E-state index contributed by atoms with van der Waals surface area (Å²) in [6.07, 6.45) is 1.22. The fourth-order valence-corrected chi connectivity index (χ4v) is 3.76. The largest absolute Gasteiger partial charge is 0.392 e. The van der Waals surface area contributed by atoms with Gasteiger partial charge in [0.15, 0.2) is 0 Å². The number of aliphatic hydroxyl groups excluding tert-OH is 1. The van der Waals surface area contributed by atoms with Crippen LogP contribution in [-0.4, -0.2) is 31.3 Å². The molecule has 0 bridgehead atoms. The molecule has 0 aliphatic rings. The second kappa shape index (κ2) is 6.05. The van der Waals surface area contributed by atoms with Gasteiger partial charge in [0.1, 0.15) is 9.84 Å². The highest BCUT2D eigenvalue weighted by molar-refractivity contribution is 9.10. The van der Waals surface area contributed by atoms with Crippen LogP contribution < -0.4 is 0 Å². The summed E-state index contributed by atoms with van der Waals surface area (Å²) >= 11 is 4.77. The summed E-state index contributed by atoms with van der Waals surface area (Å²) in [7, 11) is -2.91. The summed E-state index contributed by atoms with van der Waals surface area (Å²) in [4.78, 5) is 0.925. The third kappa shape index (κ3) is 4.86. The van der Waals surface area contributed by atoms with Gasteiger partial charge in [-0.25, -0.2) is 8.42 Å². The van der Waals surface area contributed by atoms with Gasteiger partial charge in [0.05, 0.1) is 12.4 Å². The molecule has 0 saturated carbocycles. The van der Waals surface area contributed by atoms with E-state index in [1.54, 1.807) is 0 Å². The van der Waals surface area contributed by atoms with E-state index < -0.39 is 9.84 Å². The maximum Gasteiger partial charge on any atom is 0.148 e. The van der Waals surface area contributed by atoms with Gasteiger partial charge in [0, 0.05) is 21.4 Å². The Kier molecular flexibility index (Phi) is 5.30. The molecule has 90 valence electrons. The zero-order valence-corrected chi connectivity index (χ0v) is 12.0. The number of aliphatic hydroxyl groups is 1. The molecule has 0 unspecified atom stereocenters. The van der Waals surface area contributed by atoms with Gasteiger partial charge < -0.3 is 5.11 Å². The topological polar surface area (TPSA) is 54.4 Å². The number of hydrogen-bond donors (Lipinski definition) is 1. The lowest BCUT2D eigenvalue weighted by molar-refractivity contribution is 0.279. The molecule has 0 fully saturated rings. The third-order valence-corrected chi connectivity index (χ3v) is 4.72. The molecule has 0 radical (unpaired) electrons. The van der Waals surface area contributed by atoms with E-state index in [9.17, 15) is 8.42 Å². The van der Waals surface area contributed by atoms with Crippen LogP contribution in [0.3, 0.4) is 0 Å². The normalized spacial score (nSPS) is 11.7. The Hall–Kier alpha value is -0.0400. The van der Waals surface area contributed by atoms with Crippen molar-refractivity contribution in [2.75, 3.05) is 17.8 Å². The zero-order valence-electron chi connectivity index (χ0n) is 8.81. The highest BCUT2D eigenvalue weighted by Crippen LogP contribution is 2.26. The molecule has 0 aliphatic carbocycles. The van der Waals surface area contributed by atoms with Crippen molar-refractivity contribution >= 4 is 37.5 Å². The number of hydrogen-bond acceptors (Lipinski definition) is 4. The van der Waals surface area contributed by atoms with Crippen LogP contribution in [0.25, 0.3) is 0 Å². The van der Waals surface area contributed by atoms with E-state index in [1.165, 1.54) is 18.0 Å². The lowest BCUT2D eigenvalue weighted by atomic mass is 10.2. The highest BCUT2D eigenvalue weighted by atomic mass is 79.9. The average Bonchev–Trinajstić information content (AvgIpc) is 2.18. The Balaban J connectivity index is 2.67. The molecule has 0 aliphatic heterocycles. The van der Waals surface area contributed by atoms with Gasteiger partial charge in [-0.05, 0) is 23.8 Å². The molecule has 0 heterocycles. The Labute approximate surface area is 108 Å². The SMILES string of the molecule is CS(=O)(=O)CCSc1ccc(Br)cc1CO. The summed E-state index contributed by atoms with van der Waals surface area (Å²) in [5.74, 6) is 0.659. The molecular weight excluding hydrogens is 312 g/mol. The lowest BCUT2D eigenvalue weighted by Gasteiger charge is -2.07. The van der Waals surface area contributed by atoms with Crippen molar-refractivity contribution in [1.29, 1.82) is 0 Å². The van der Waals surface area contributed by atoms with Crippen molar-refractivity contribution < 1.29 is 13.5 Å². The molecule has 1 rings (SSSR count). The molecule has 0 atom stereocenters. The zero-order chi connectivity index (χ0) is 12.2. The minimum Gasteiger partial charge on any atom is -0.392 e. The predicted octanol–water partition coefficient (Wildman–Crippen LogP) is 2.08. The number of thioether (sulfide) groups is 1. The summed E-state index contributed by atoms with van der Waals surface area (Å²) in [5, 5.41) is 9.15. The fraction of sp³-hybridized carbons (Fsp3) is 0.400. The molecule has 16 heavy (non-hydrogen) atoms. The van der Waals surface area contributed by atoms with Crippen LogP contribution in [0.4, 0.5) is 0 Å². The Morgan fingerprint density at radius 1 is 1.44 bits per heavy atom. The minimum atomic E-state index is -2.91. The highest BCUT2D eigenvalue weighted by Gasteiger charge is 2.06. The molecule has 6 heteroatoms. The number of sulfone groups is 1. The van der Waals surface area contributed by atoms with Crippen LogP contribution >= 0.6 is 27.7 Å². The number of benzene rings is 1. The molecule has 1 N–H and O–H groups in total. The van der Waals surface area contributed by atoms with Crippen LogP contribution in [0.2, 0.25) is 0 Å². The monoisotopic (exact) mass is 324 g/mol. The summed E-state index contributed by atoms with van der Waals surface area (Å²) < 4.78 is 22.8. The first-order valence-corrected chi connectivity index (χ1v) is 8.46. The van der Waals surface area contributed by atoms with E-state index in [0.29, 0.717) is 5.75 Å². The van der Waals surface area contributed by atoms with E-state index in [1.807, 2.05) is 18.2 Å². The maximum atomic E-state index is 11.0. The maximum absolute atomic E-state index is 11.0. The number of rotatable bonds is 5. The van der Waals surface area contributed by atoms with Crippen LogP contribution in [-0.2, 0) is 16.4 Å². The quantitative estimate of drug-likeness (QED) is 0.842. The van der Waals surface area contributed by atoms with E-state index >= 15 is 0 Å². The third-order valence-electron chi connectivity index (χ3n) is 1.90. The van der Waals surface area contributed by atoms with Crippen molar-refractivity contribution in [3.05, 3.63) is 28.2 Å². The first kappa shape index (κ1) is 14.0. The molecule has 1 aromatic carbocycles. The van der Waals surface area contributed by atoms with Crippen LogP contribution in [0.5, 0.6) is 0 Å². The molecule has 0 spiro atoms.